The minimum Gasteiger partial charge on any atom is -0.365 e. The molecule has 2 aromatic heterocycles. The van der Waals surface area contributed by atoms with Crippen LogP contribution in [0.25, 0.3) is 0 Å². The van der Waals surface area contributed by atoms with Gasteiger partial charge in [-0.15, -0.1) is 11.3 Å². The smallest absolute Gasteiger partial charge is 0.217 e. The van der Waals surface area contributed by atoms with Crippen LogP contribution in [-0.4, -0.2) is 11.3 Å². The third-order valence-corrected chi connectivity index (χ3v) is 6.39. The van der Waals surface area contributed by atoms with Gasteiger partial charge in [0.05, 0.1) is 22.8 Å². The molecule has 0 aliphatic carbocycles. The van der Waals surface area contributed by atoms with Crippen LogP contribution >= 0.6 is 11.3 Å². The second kappa shape index (κ2) is 8.02. The second-order valence-corrected chi connectivity index (χ2v) is 7.93. The molecule has 3 N–H and O–H groups in total. The van der Waals surface area contributed by atoms with Gasteiger partial charge < -0.3 is 10.4 Å². The van der Waals surface area contributed by atoms with Crippen molar-refractivity contribution in [1.29, 1.82) is 10.5 Å². The van der Waals surface area contributed by atoms with E-state index in [2.05, 4.69) is 16.7 Å². The molecule has 1 aromatic carbocycles. The Labute approximate surface area is 173 Å². The molecule has 1 unspecified atom stereocenters. The maximum absolute atomic E-state index is 12.0. The van der Waals surface area contributed by atoms with Crippen molar-refractivity contribution < 1.29 is 9.67 Å². The monoisotopic (exact) mass is 402 g/mol. The Hall–Kier alpha value is -3.23. The van der Waals surface area contributed by atoms with Crippen LogP contribution in [0.2, 0.25) is 0 Å². The zero-order chi connectivity index (χ0) is 20.3. The summed E-state index contributed by atoms with van der Waals surface area (Å²) >= 11 is 1.43. The number of thiophene rings is 1. The number of nitrogens with zero attached hydrogens (tertiary/aromatic N) is 3. The van der Waals surface area contributed by atoms with Crippen LogP contribution in [0.3, 0.4) is 0 Å². The molecule has 7 heteroatoms. The van der Waals surface area contributed by atoms with Gasteiger partial charge in [-0.05, 0) is 17.0 Å². The number of nitrogens with one attached hydrogen (secondary N) is 2. The summed E-state index contributed by atoms with van der Waals surface area (Å²) in [6, 6.07) is 21.0. The highest BCUT2D eigenvalue weighted by molar-refractivity contribution is 7.10. The summed E-state index contributed by atoms with van der Waals surface area (Å²) in [7, 11) is 0. The van der Waals surface area contributed by atoms with E-state index < -0.39 is 23.9 Å². The number of aromatic nitrogens is 1. The molecular formula is C22H20N5OS+. The first-order valence-electron chi connectivity index (χ1n) is 9.28. The number of hydrogen-bond donors (Lipinski definition) is 3. The summed E-state index contributed by atoms with van der Waals surface area (Å²) < 4.78 is 1.94. The first-order chi connectivity index (χ1) is 14.2. The zero-order valence-corrected chi connectivity index (χ0v) is 16.3. The summed E-state index contributed by atoms with van der Waals surface area (Å²) in [5.74, 6) is -0.956. The quantitative estimate of drug-likeness (QED) is 0.354. The van der Waals surface area contributed by atoms with Crippen molar-refractivity contribution in [3.8, 4) is 12.3 Å². The van der Waals surface area contributed by atoms with Crippen LogP contribution in [0.4, 0.5) is 0 Å². The van der Waals surface area contributed by atoms with Crippen LogP contribution in [0, 0.1) is 28.7 Å². The first-order valence-corrected chi connectivity index (χ1v) is 10.2. The van der Waals surface area contributed by atoms with Gasteiger partial charge in [0.25, 0.3) is 0 Å². The van der Waals surface area contributed by atoms with Gasteiger partial charge in [-0.3, -0.25) is 5.32 Å². The molecule has 6 nitrogen and oxygen atoms in total. The molecule has 4 rings (SSSR count). The zero-order valence-electron chi connectivity index (χ0n) is 15.5. The molecule has 1 fully saturated rings. The van der Waals surface area contributed by atoms with E-state index in [1.807, 2.05) is 89.2 Å². The molecule has 3 aromatic rings. The standard InChI is InChI=1S/C22H20N5OS/c23-14-17-19(16-8-3-1-4-9-16)20(27-11-5-2-6-12-27)22(28,18-10-7-13-29-18)26-21(17)25-15-24/h1-13,17,19-21,25-26,28H/q+1/t17-,19+,20-,21?,22-/m1/s1. The molecule has 0 bridgehead atoms. The summed E-state index contributed by atoms with van der Waals surface area (Å²) in [6.07, 6.45) is 5.02. The van der Waals surface area contributed by atoms with Gasteiger partial charge in [0.1, 0.15) is 6.17 Å². The maximum Gasteiger partial charge on any atom is 0.217 e. The lowest BCUT2D eigenvalue weighted by atomic mass is 9.71. The van der Waals surface area contributed by atoms with Gasteiger partial charge in [0, 0.05) is 12.1 Å². The van der Waals surface area contributed by atoms with Crippen molar-refractivity contribution in [2.45, 2.75) is 23.9 Å². The normalized spacial score (nSPS) is 28.8. The van der Waals surface area contributed by atoms with Gasteiger partial charge in [-0.1, -0.05) is 42.5 Å². The van der Waals surface area contributed by atoms with E-state index in [0.717, 1.165) is 10.4 Å². The van der Waals surface area contributed by atoms with Crippen molar-refractivity contribution in [2.75, 3.05) is 0 Å². The number of piperidine rings is 1. The molecule has 0 radical (unpaired) electrons. The van der Waals surface area contributed by atoms with Crippen molar-refractivity contribution in [2.24, 2.45) is 5.92 Å². The number of benzene rings is 1. The Morgan fingerprint density at radius 2 is 1.76 bits per heavy atom. The van der Waals surface area contributed by atoms with Crippen LogP contribution in [0.15, 0.2) is 78.4 Å². The van der Waals surface area contributed by atoms with Gasteiger partial charge in [0.2, 0.25) is 11.8 Å². The molecule has 144 valence electrons. The fraction of sp³-hybridized carbons (Fsp3) is 0.227. The summed E-state index contributed by atoms with van der Waals surface area (Å²) in [5, 5.41) is 39.1. The topological polar surface area (TPSA) is 95.8 Å². The number of nitriles is 2. The molecular weight excluding hydrogens is 382 g/mol. The fourth-order valence-electron chi connectivity index (χ4n) is 4.20. The van der Waals surface area contributed by atoms with E-state index in [4.69, 9.17) is 0 Å². The average molecular weight is 403 g/mol. The van der Waals surface area contributed by atoms with Gasteiger partial charge >= 0.3 is 0 Å². The predicted octanol–water partition coefficient (Wildman–Crippen LogP) is 2.35. The van der Waals surface area contributed by atoms with Crippen molar-refractivity contribution in [3.05, 3.63) is 88.9 Å². The summed E-state index contributed by atoms with van der Waals surface area (Å²) in [5.41, 5.74) is -0.552. The number of pyridine rings is 1. The molecule has 1 aliphatic heterocycles. The molecule has 29 heavy (non-hydrogen) atoms. The van der Waals surface area contributed by atoms with Crippen LogP contribution < -0.4 is 15.2 Å². The Balaban J connectivity index is 1.96. The molecule has 0 saturated carbocycles. The summed E-state index contributed by atoms with van der Waals surface area (Å²) in [6.45, 7) is 0. The van der Waals surface area contributed by atoms with Crippen molar-refractivity contribution in [1.82, 2.24) is 10.6 Å². The number of aliphatic hydroxyl groups is 1. The Bertz CT molecular complexity index is 1030. The molecule has 3 heterocycles. The lowest BCUT2D eigenvalue weighted by Gasteiger charge is -2.46. The minimum atomic E-state index is -1.48. The largest absolute Gasteiger partial charge is 0.365 e. The number of hydrogen-bond acceptors (Lipinski definition) is 6. The second-order valence-electron chi connectivity index (χ2n) is 6.98. The highest BCUT2D eigenvalue weighted by Gasteiger charge is 2.59. The highest BCUT2D eigenvalue weighted by atomic mass is 32.1. The predicted molar refractivity (Wildman–Crippen MR) is 108 cm³/mol. The first kappa shape index (κ1) is 19.1. The average Bonchev–Trinajstić information content (AvgIpc) is 3.31. The molecule has 0 spiro atoms. The Morgan fingerprint density at radius 3 is 2.38 bits per heavy atom. The van der Waals surface area contributed by atoms with Crippen LogP contribution in [-0.2, 0) is 5.72 Å². The molecule has 1 saturated heterocycles. The minimum absolute atomic E-state index is 0.368. The molecule has 5 atom stereocenters. The van der Waals surface area contributed by atoms with E-state index in [1.165, 1.54) is 11.3 Å². The van der Waals surface area contributed by atoms with Gasteiger partial charge in [-0.2, -0.15) is 15.1 Å². The van der Waals surface area contributed by atoms with E-state index in [1.54, 1.807) is 0 Å². The third kappa shape index (κ3) is 3.37. The number of rotatable bonds is 4. The lowest BCUT2D eigenvalue weighted by molar-refractivity contribution is -0.747. The highest BCUT2D eigenvalue weighted by Crippen LogP contribution is 2.47. The molecule has 0 amide bonds. The van der Waals surface area contributed by atoms with E-state index in [-0.39, 0.29) is 5.92 Å². The van der Waals surface area contributed by atoms with Crippen LogP contribution in [0.5, 0.6) is 0 Å². The van der Waals surface area contributed by atoms with E-state index >= 15 is 0 Å². The van der Waals surface area contributed by atoms with Crippen molar-refractivity contribution >= 4 is 11.3 Å². The summed E-state index contributed by atoms with van der Waals surface area (Å²) in [4.78, 5) is 0.723. The van der Waals surface area contributed by atoms with Gasteiger partial charge in [-0.25, -0.2) is 0 Å². The Morgan fingerprint density at radius 1 is 1.03 bits per heavy atom. The van der Waals surface area contributed by atoms with Gasteiger partial charge in [0.15, 0.2) is 18.6 Å². The lowest BCUT2D eigenvalue weighted by Crippen LogP contribution is -2.70. The SMILES string of the molecule is N#CNC1N[C@@](O)(c2cccs2)[C@H]([n+]2ccccc2)[C@@H](c2ccccc2)[C@H]1C#N. The molecule has 1 aliphatic rings. The fourth-order valence-corrected chi connectivity index (χ4v) is 5.02. The van der Waals surface area contributed by atoms with E-state index in [9.17, 15) is 15.6 Å². The van der Waals surface area contributed by atoms with Crippen molar-refractivity contribution in [3.63, 3.8) is 0 Å². The Kier molecular flexibility index (Phi) is 5.28. The third-order valence-electron chi connectivity index (χ3n) is 5.40. The maximum atomic E-state index is 12.0. The van der Waals surface area contributed by atoms with E-state index in [0.29, 0.717) is 0 Å². The van der Waals surface area contributed by atoms with Crippen LogP contribution in [0.1, 0.15) is 22.4 Å².